The minimum absolute atomic E-state index is 0.00502. The molecule has 0 saturated heterocycles. The largest absolute Gasteiger partial charge is 0.433 e. The summed E-state index contributed by atoms with van der Waals surface area (Å²) in [6, 6.07) is 1.31. The van der Waals surface area contributed by atoms with E-state index in [9.17, 15) is 18.7 Å². The second-order valence-electron chi connectivity index (χ2n) is 4.01. The van der Waals surface area contributed by atoms with Crippen molar-refractivity contribution in [1.82, 2.24) is 5.32 Å². The van der Waals surface area contributed by atoms with Crippen LogP contribution in [0.25, 0.3) is 0 Å². The maximum atomic E-state index is 12.1. The number of aliphatic hydroxyl groups is 1. The van der Waals surface area contributed by atoms with E-state index in [1.165, 1.54) is 11.4 Å². The number of halogens is 2. The van der Waals surface area contributed by atoms with Gasteiger partial charge in [0.15, 0.2) is 0 Å². The van der Waals surface area contributed by atoms with Gasteiger partial charge < -0.3 is 15.2 Å². The second kappa shape index (κ2) is 6.65. The number of thiophene rings is 1. The summed E-state index contributed by atoms with van der Waals surface area (Å²) in [6.07, 6.45) is -0.673. The minimum atomic E-state index is -2.97. The molecule has 1 rings (SSSR count). The molecule has 4 nitrogen and oxygen atoms in total. The van der Waals surface area contributed by atoms with Crippen molar-refractivity contribution in [3.8, 4) is 5.75 Å². The Bertz CT molecular complexity index is 395. The van der Waals surface area contributed by atoms with E-state index in [1.54, 1.807) is 0 Å². The topological polar surface area (TPSA) is 58.6 Å². The smallest absolute Gasteiger partial charge is 0.387 e. The van der Waals surface area contributed by atoms with Gasteiger partial charge in [-0.3, -0.25) is 4.79 Å². The van der Waals surface area contributed by atoms with Crippen LogP contribution in [0.5, 0.6) is 5.75 Å². The highest BCUT2D eigenvalue weighted by Crippen LogP contribution is 2.26. The Morgan fingerprint density at radius 2 is 2.22 bits per heavy atom. The fourth-order valence-electron chi connectivity index (χ4n) is 1.17. The summed E-state index contributed by atoms with van der Waals surface area (Å²) in [4.78, 5) is 11.8. The Morgan fingerprint density at radius 3 is 2.78 bits per heavy atom. The van der Waals surface area contributed by atoms with E-state index < -0.39 is 18.6 Å². The molecule has 0 bridgehead atoms. The maximum Gasteiger partial charge on any atom is 0.387 e. The van der Waals surface area contributed by atoms with Gasteiger partial charge in [-0.25, -0.2) is 0 Å². The predicted octanol–water partition coefficient (Wildman–Crippen LogP) is 2.10. The van der Waals surface area contributed by atoms with Crippen molar-refractivity contribution in [2.24, 2.45) is 5.92 Å². The van der Waals surface area contributed by atoms with Gasteiger partial charge in [-0.2, -0.15) is 8.78 Å². The van der Waals surface area contributed by atoms with Gasteiger partial charge in [0.2, 0.25) is 0 Å². The normalized spacial score (nSPS) is 12.8. The van der Waals surface area contributed by atoms with Gasteiger partial charge in [0.05, 0.1) is 6.10 Å². The van der Waals surface area contributed by atoms with E-state index in [4.69, 9.17) is 0 Å². The van der Waals surface area contributed by atoms with Crippen molar-refractivity contribution in [1.29, 1.82) is 0 Å². The van der Waals surface area contributed by atoms with Gasteiger partial charge in [0, 0.05) is 6.54 Å². The molecular weight excluding hydrogens is 264 g/mol. The molecule has 1 aromatic heterocycles. The van der Waals surface area contributed by atoms with Crippen LogP contribution in [0.15, 0.2) is 11.4 Å². The average Bonchev–Trinajstić information content (AvgIpc) is 2.72. The molecule has 0 aliphatic heterocycles. The van der Waals surface area contributed by atoms with Crippen LogP contribution in [0.1, 0.15) is 23.5 Å². The van der Waals surface area contributed by atoms with Crippen molar-refractivity contribution in [3.63, 3.8) is 0 Å². The summed E-state index contributed by atoms with van der Waals surface area (Å²) in [5.74, 6) is -0.669. The Hall–Kier alpha value is -1.21. The molecule has 0 aliphatic rings. The van der Waals surface area contributed by atoms with Crippen LogP contribution >= 0.6 is 11.3 Å². The molecule has 102 valence electrons. The summed E-state index contributed by atoms with van der Waals surface area (Å²) in [6.45, 7) is 0.732. The zero-order valence-electron chi connectivity index (χ0n) is 10.0. The van der Waals surface area contributed by atoms with Crippen LogP contribution in [0.3, 0.4) is 0 Å². The third-order valence-electron chi connectivity index (χ3n) is 2.29. The van der Waals surface area contributed by atoms with Gasteiger partial charge in [-0.15, -0.1) is 11.3 Å². The van der Waals surface area contributed by atoms with Crippen LogP contribution in [-0.2, 0) is 0 Å². The number of carbonyl (C=O) groups excluding carboxylic acids is 1. The number of carbonyl (C=O) groups is 1. The van der Waals surface area contributed by atoms with Gasteiger partial charge in [-0.1, -0.05) is 13.8 Å². The molecule has 2 N–H and O–H groups in total. The second-order valence-corrected chi connectivity index (χ2v) is 4.93. The standard InChI is InChI=1S/C11H15F2NO3S/c1-6(2)7(15)5-14-10(16)9-8(3-4-18-9)17-11(12)13/h3-4,6-7,11,15H,5H2,1-2H3,(H,14,16). The van der Waals surface area contributed by atoms with Crippen molar-refractivity contribution in [2.75, 3.05) is 6.54 Å². The summed E-state index contributed by atoms with van der Waals surface area (Å²) in [7, 11) is 0. The first kappa shape index (κ1) is 14.8. The van der Waals surface area contributed by atoms with E-state index in [2.05, 4.69) is 10.1 Å². The molecule has 18 heavy (non-hydrogen) atoms. The van der Waals surface area contributed by atoms with E-state index in [0.717, 1.165) is 11.3 Å². The van der Waals surface area contributed by atoms with Crippen molar-refractivity contribution in [2.45, 2.75) is 26.6 Å². The third-order valence-corrected chi connectivity index (χ3v) is 3.19. The van der Waals surface area contributed by atoms with Crippen LogP contribution in [0.2, 0.25) is 0 Å². The van der Waals surface area contributed by atoms with Crippen LogP contribution < -0.4 is 10.1 Å². The SMILES string of the molecule is CC(C)C(O)CNC(=O)c1sccc1OC(F)F. The average molecular weight is 279 g/mol. The zero-order chi connectivity index (χ0) is 13.7. The van der Waals surface area contributed by atoms with Gasteiger partial charge >= 0.3 is 6.61 Å². The number of amides is 1. The quantitative estimate of drug-likeness (QED) is 0.838. The highest BCUT2D eigenvalue weighted by Gasteiger charge is 2.18. The molecule has 1 atom stereocenters. The van der Waals surface area contributed by atoms with Gasteiger partial charge in [-0.05, 0) is 17.4 Å². The molecule has 0 aliphatic carbocycles. The third kappa shape index (κ3) is 4.23. The van der Waals surface area contributed by atoms with E-state index in [1.807, 2.05) is 13.8 Å². The Labute approximate surface area is 108 Å². The molecule has 7 heteroatoms. The molecule has 0 radical (unpaired) electrons. The lowest BCUT2D eigenvalue weighted by Crippen LogP contribution is -2.34. The fourth-order valence-corrected chi connectivity index (χ4v) is 1.90. The monoisotopic (exact) mass is 279 g/mol. The number of aliphatic hydroxyl groups excluding tert-OH is 1. The Morgan fingerprint density at radius 1 is 1.56 bits per heavy atom. The van der Waals surface area contributed by atoms with Gasteiger partial charge in [0.25, 0.3) is 5.91 Å². The summed E-state index contributed by atoms with van der Waals surface area (Å²) in [5, 5.41) is 13.5. The lowest BCUT2D eigenvalue weighted by Gasteiger charge is -2.15. The summed E-state index contributed by atoms with van der Waals surface area (Å²) < 4.78 is 28.4. The lowest BCUT2D eigenvalue weighted by molar-refractivity contribution is -0.0498. The number of rotatable bonds is 6. The maximum absolute atomic E-state index is 12.1. The predicted molar refractivity (Wildman–Crippen MR) is 64.1 cm³/mol. The number of hydrogen-bond donors (Lipinski definition) is 2. The minimum Gasteiger partial charge on any atom is -0.433 e. The van der Waals surface area contributed by atoms with Crippen molar-refractivity contribution < 1.29 is 23.4 Å². The Balaban J connectivity index is 2.59. The molecule has 1 heterocycles. The summed E-state index contributed by atoms with van der Waals surface area (Å²) >= 11 is 1.01. The highest BCUT2D eigenvalue weighted by atomic mass is 32.1. The molecule has 0 spiro atoms. The number of alkyl halides is 2. The molecule has 1 aromatic rings. The number of hydrogen-bond acceptors (Lipinski definition) is 4. The van der Waals surface area contributed by atoms with Crippen LogP contribution in [0.4, 0.5) is 8.78 Å². The number of nitrogens with one attached hydrogen (secondary N) is 1. The molecule has 0 fully saturated rings. The highest BCUT2D eigenvalue weighted by molar-refractivity contribution is 7.12. The molecular formula is C11H15F2NO3S. The number of ether oxygens (including phenoxy) is 1. The lowest BCUT2D eigenvalue weighted by atomic mass is 10.1. The van der Waals surface area contributed by atoms with E-state index >= 15 is 0 Å². The molecule has 0 saturated carbocycles. The molecule has 0 aromatic carbocycles. The van der Waals surface area contributed by atoms with Crippen LogP contribution in [0, 0.1) is 5.92 Å². The van der Waals surface area contributed by atoms with E-state index in [0.29, 0.717) is 0 Å². The zero-order valence-corrected chi connectivity index (χ0v) is 10.8. The van der Waals surface area contributed by atoms with Crippen molar-refractivity contribution in [3.05, 3.63) is 16.3 Å². The first-order chi connectivity index (χ1) is 8.41. The summed E-state index contributed by atoms with van der Waals surface area (Å²) in [5.41, 5.74) is 0. The first-order valence-electron chi connectivity index (χ1n) is 5.40. The fraction of sp³-hybridized carbons (Fsp3) is 0.545. The first-order valence-corrected chi connectivity index (χ1v) is 6.28. The van der Waals surface area contributed by atoms with Crippen LogP contribution in [-0.4, -0.2) is 30.3 Å². The Kier molecular flexibility index (Phi) is 5.49. The van der Waals surface area contributed by atoms with Gasteiger partial charge in [0.1, 0.15) is 10.6 Å². The molecule has 1 amide bonds. The van der Waals surface area contributed by atoms with Crippen molar-refractivity contribution >= 4 is 17.2 Å². The van der Waals surface area contributed by atoms with E-state index in [-0.39, 0.29) is 23.1 Å². The molecule has 1 unspecified atom stereocenters.